The Hall–Kier alpha value is -1.88. The Kier molecular flexibility index (Phi) is 6.08. The number of benzene rings is 1. The number of nitrogens with zero attached hydrogens (tertiary/aromatic N) is 3. The number of unbranched alkanes of at least 4 members (excludes halogenated alkanes) is 1. The topological polar surface area (TPSA) is 43.9 Å². The van der Waals surface area contributed by atoms with E-state index in [-0.39, 0.29) is 17.7 Å². The maximum atomic E-state index is 12.8. The van der Waals surface area contributed by atoms with E-state index in [1.165, 1.54) is 5.56 Å². The van der Waals surface area contributed by atoms with Gasteiger partial charge in [0.15, 0.2) is 0 Å². The standard InChI is InChI=1S/C20H29N3O2/c1-2-3-9-23-16-18(14-19(23)24)20(25)22-12-10-21(11-13-22)15-17-7-5-4-6-8-17/h4-8,18H,2-3,9-16H2,1H3/t18-/m1/s1. The quantitative estimate of drug-likeness (QED) is 0.793. The highest BCUT2D eigenvalue weighted by Gasteiger charge is 2.36. The largest absolute Gasteiger partial charge is 0.342 e. The first kappa shape index (κ1) is 17.9. The molecule has 2 fully saturated rings. The Morgan fingerprint density at radius 2 is 1.84 bits per heavy atom. The second-order valence-corrected chi connectivity index (χ2v) is 7.18. The Bertz CT molecular complexity index is 582. The van der Waals surface area contributed by atoms with E-state index in [1.807, 2.05) is 15.9 Å². The zero-order chi connectivity index (χ0) is 17.6. The number of piperazine rings is 1. The first-order chi connectivity index (χ1) is 12.2. The molecule has 5 heteroatoms. The Labute approximate surface area is 150 Å². The summed E-state index contributed by atoms with van der Waals surface area (Å²) in [6, 6.07) is 10.5. The lowest BCUT2D eigenvalue weighted by atomic mass is 10.1. The van der Waals surface area contributed by atoms with Crippen molar-refractivity contribution in [2.24, 2.45) is 5.92 Å². The maximum Gasteiger partial charge on any atom is 0.228 e. The van der Waals surface area contributed by atoms with Crippen molar-refractivity contribution in [3.63, 3.8) is 0 Å². The summed E-state index contributed by atoms with van der Waals surface area (Å²) in [5.41, 5.74) is 1.32. The predicted molar refractivity (Wildman–Crippen MR) is 97.9 cm³/mol. The van der Waals surface area contributed by atoms with E-state index in [2.05, 4.69) is 36.1 Å². The van der Waals surface area contributed by atoms with Crippen LogP contribution in [0.5, 0.6) is 0 Å². The zero-order valence-electron chi connectivity index (χ0n) is 15.2. The number of likely N-dealkylation sites (tertiary alicyclic amines) is 1. The van der Waals surface area contributed by atoms with Gasteiger partial charge in [0, 0.05) is 52.2 Å². The third-order valence-electron chi connectivity index (χ3n) is 5.28. The molecule has 2 aliphatic rings. The van der Waals surface area contributed by atoms with Gasteiger partial charge in [0.25, 0.3) is 0 Å². The summed E-state index contributed by atoms with van der Waals surface area (Å²) in [6.07, 6.45) is 2.49. The van der Waals surface area contributed by atoms with E-state index in [4.69, 9.17) is 0 Å². The summed E-state index contributed by atoms with van der Waals surface area (Å²) in [6.45, 7) is 7.82. The highest BCUT2D eigenvalue weighted by molar-refractivity contribution is 5.89. The minimum atomic E-state index is -0.134. The fraction of sp³-hybridized carbons (Fsp3) is 0.600. The fourth-order valence-electron chi connectivity index (χ4n) is 3.73. The van der Waals surface area contributed by atoms with Crippen LogP contribution in [-0.2, 0) is 16.1 Å². The Morgan fingerprint density at radius 3 is 2.52 bits per heavy atom. The van der Waals surface area contributed by atoms with Crippen molar-refractivity contribution in [3.05, 3.63) is 35.9 Å². The van der Waals surface area contributed by atoms with Gasteiger partial charge in [-0.15, -0.1) is 0 Å². The molecule has 0 radical (unpaired) electrons. The molecule has 0 aliphatic carbocycles. The monoisotopic (exact) mass is 343 g/mol. The van der Waals surface area contributed by atoms with E-state index >= 15 is 0 Å². The number of carbonyl (C=O) groups excluding carboxylic acids is 2. The summed E-state index contributed by atoms with van der Waals surface area (Å²) in [4.78, 5) is 31.1. The smallest absolute Gasteiger partial charge is 0.228 e. The van der Waals surface area contributed by atoms with Gasteiger partial charge in [0.05, 0.1) is 5.92 Å². The molecule has 2 aliphatic heterocycles. The lowest BCUT2D eigenvalue weighted by Gasteiger charge is -2.36. The predicted octanol–water partition coefficient (Wildman–Crippen LogP) is 1.98. The Morgan fingerprint density at radius 1 is 1.12 bits per heavy atom. The van der Waals surface area contributed by atoms with Crippen LogP contribution in [-0.4, -0.2) is 65.8 Å². The molecule has 2 heterocycles. The molecule has 0 unspecified atom stereocenters. The lowest BCUT2D eigenvalue weighted by molar-refractivity contribution is -0.137. The molecule has 25 heavy (non-hydrogen) atoms. The van der Waals surface area contributed by atoms with Crippen LogP contribution in [0.1, 0.15) is 31.7 Å². The summed E-state index contributed by atoms with van der Waals surface area (Å²) < 4.78 is 0. The molecular weight excluding hydrogens is 314 g/mol. The number of rotatable bonds is 6. The number of hydrogen-bond acceptors (Lipinski definition) is 3. The van der Waals surface area contributed by atoms with Crippen LogP contribution in [0.3, 0.4) is 0 Å². The van der Waals surface area contributed by atoms with Crippen molar-refractivity contribution >= 4 is 11.8 Å². The lowest BCUT2D eigenvalue weighted by Crippen LogP contribution is -2.50. The van der Waals surface area contributed by atoms with Crippen molar-refractivity contribution in [1.82, 2.24) is 14.7 Å². The van der Waals surface area contributed by atoms with Crippen molar-refractivity contribution in [2.45, 2.75) is 32.7 Å². The van der Waals surface area contributed by atoms with Crippen molar-refractivity contribution < 1.29 is 9.59 Å². The first-order valence-corrected chi connectivity index (χ1v) is 9.50. The molecule has 136 valence electrons. The summed E-state index contributed by atoms with van der Waals surface area (Å²) in [7, 11) is 0. The van der Waals surface area contributed by atoms with Crippen LogP contribution in [0.25, 0.3) is 0 Å². The molecule has 0 spiro atoms. The molecule has 1 atom stereocenters. The normalized spacial score (nSPS) is 21.8. The van der Waals surface area contributed by atoms with Crippen LogP contribution < -0.4 is 0 Å². The van der Waals surface area contributed by atoms with Gasteiger partial charge >= 0.3 is 0 Å². The van der Waals surface area contributed by atoms with Crippen LogP contribution >= 0.6 is 0 Å². The number of hydrogen-bond donors (Lipinski definition) is 0. The second kappa shape index (κ2) is 8.48. The van der Waals surface area contributed by atoms with Gasteiger partial charge in [-0.25, -0.2) is 0 Å². The van der Waals surface area contributed by atoms with Gasteiger partial charge in [0.1, 0.15) is 0 Å². The SMILES string of the molecule is CCCCN1C[C@H](C(=O)N2CCN(Cc3ccccc3)CC2)CC1=O. The molecular formula is C20H29N3O2. The highest BCUT2D eigenvalue weighted by Crippen LogP contribution is 2.21. The van der Waals surface area contributed by atoms with Gasteiger partial charge in [-0.2, -0.15) is 0 Å². The van der Waals surface area contributed by atoms with Gasteiger partial charge in [-0.05, 0) is 12.0 Å². The van der Waals surface area contributed by atoms with E-state index in [9.17, 15) is 9.59 Å². The molecule has 1 aromatic rings. The average molecular weight is 343 g/mol. The number of carbonyl (C=O) groups is 2. The maximum absolute atomic E-state index is 12.8. The first-order valence-electron chi connectivity index (χ1n) is 9.50. The van der Waals surface area contributed by atoms with Crippen LogP contribution in [0.2, 0.25) is 0 Å². The highest BCUT2D eigenvalue weighted by atomic mass is 16.2. The minimum Gasteiger partial charge on any atom is -0.342 e. The summed E-state index contributed by atoms with van der Waals surface area (Å²) >= 11 is 0. The fourth-order valence-corrected chi connectivity index (χ4v) is 3.73. The molecule has 0 bridgehead atoms. The van der Waals surface area contributed by atoms with Gasteiger partial charge in [-0.3, -0.25) is 14.5 Å². The van der Waals surface area contributed by atoms with Gasteiger partial charge < -0.3 is 9.80 Å². The van der Waals surface area contributed by atoms with E-state index < -0.39 is 0 Å². The van der Waals surface area contributed by atoms with E-state index in [0.29, 0.717) is 13.0 Å². The molecule has 3 rings (SSSR count). The van der Waals surface area contributed by atoms with Crippen molar-refractivity contribution in [2.75, 3.05) is 39.3 Å². The molecule has 0 aromatic heterocycles. The molecule has 0 saturated carbocycles. The molecule has 2 amide bonds. The molecule has 5 nitrogen and oxygen atoms in total. The van der Waals surface area contributed by atoms with Gasteiger partial charge in [0.2, 0.25) is 11.8 Å². The van der Waals surface area contributed by atoms with Crippen LogP contribution in [0, 0.1) is 5.92 Å². The second-order valence-electron chi connectivity index (χ2n) is 7.18. The summed E-state index contributed by atoms with van der Waals surface area (Å²) in [5.74, 6) is 0.186. The van der Waals surface area contributed by atoms with Crippen molar-refractivity contribution in [3.8, 4) is 0 Å². The van der Waals surface area contributed by atoms with Crippen LogP contribution in [0.15, 0.2) is 30.3 Å². The minimum absolute atomic E-state index is 0.134. The van der Waals surface area contributed by atoms with E-state index in [1.54, 1.807) is 0 Å². The third kappa shape index (κ3) is 4.60. The Balaban J connectivity index is 1.46. The molecule has 0 N–H and O–H groups in total. The van der Waals surface area contributed by atoms with Crippen molar-refractivity contribution in [1.29, 1.82) is 0 Å². The average Bonchev–Trinajstić information content (AvgIpc) is 3.01. The number of amides is 2. The van der Waals surface area contributed by atoms with Gasteiger partial charge in [-0.1, -0.05) is 43.7 Å². The summed E-state index contributed by atoms with van der Waals surface area (Å²) in [5, 5.41) is 0. The molecule has 1 aromatic carbocycles. The molecule has 2 saturated heterocycles. The van der Waals surface area contributed by atoms with Crippen LogP contribution in [0.4, 0.5) is 0 Å². The van der Waals surface area contributed by atoms with E-state index in [0.717, 1.165) is 52.1 Å². The zero-order valence-corrected chi connectivity index (χ0v) is 15.2. The third-order valence-corrected chi connectivity index (χ3v) is 5.28.